The van der Waals surface area contributed by atoms with E-state index in [1.165, 1.54) is 27.7 Å². The van der Waals surface area contributed by atoms with E-state index in [2.05, 4.69) is 31.9 Å². The van der Waals surface area contributed by atoms with Crippen molar-refractivity contribution in [2.75, 3.05) is 19.6 Å². The second-order valence-electron chi connectivity index (χ2n) is 9.65. The van der Waals surface area contributed by atoms with E-state index in [9.17, 15) is 38.7 Å². The predicted octanol–water partition coefficient (Wildman–Crippen LogP) is -0.535. The summed E-state index contributed by atoms with van der Waals surface area (Å²) in [4.78, 5) is 81.8. The Hall–Kier alpha value is -3.71. The molecular weight excluding hydrogens is 524 g/mol. The molecule has 0 aromatic heterocycles. The molecule has 0 fully saturated rings. The molecule has 0 saturated carbocycles. The van der Waals surface area contributed by atoms with Crippen molar-refractivity contribution in [2.24, 2.45) is 0 Å². The van der Waals surface area contributed by atoms with Gasteiger partial charge in [0.25, 0.3) is 0 Å². The van der Waals surface area contributed by atoms with E-state index in [1.807, 2.05) is 0 Å². The zero-order valence-electron chi connectivity index (χ0n) is 24.0. The summed E-state index contributed by atoms with van der Waals surface area (Å²) in [7, 11) is 0. The minimum absolute atomic E-state index is 0.116. The molecule has 3 unspecified atom stereocenters. The molecule has 7 N–H and O–H groups in total. The highest BCUT2D eigenvalue weighted by atomic mass is 16.4. The molecule has 0 heterocycles. The minimum Gasteiger partial charge on any atom is -0.480 e. The van der Waals surface area contributed by atoms with Gasteiger partial charge in [0.1, 0.15) is 18.1 Å². The number of aliphatic carboxylic acids is 1. The van der Waals surface area contributed by atoms with Gasteiger partial charge in [-0.1, -0.05) is 0 Å². The normalized spacial score (nSPS) is 12.7. The first-order valence-electron chi connectivity index (χ1n) is 13.7. The van der Waals surface area contributed by atoms with Crippen LogP contribution in [0.15, 0.2) is 0 Å². The summed E-state index contributed by atoms with van der Waals surface area (Å²) >= 11 is 0. The molecule has 40 heavy (non-hydrogen) atoms. The summed E-state index contributed by atoms with van der Waals surface area (Å²) in [5.74, 6) is -3.23. The third-order valence-corrected chi connectivity index (χ3v) is 5.81. The highest BCUT2D eigenvalue weighted by Crippen LogP contribution is 2.06. The van der Waals surface area contributed by atoms with Crippen molar-refractivity contribution >= 4 is 41.4 Å². The van der Waals surface area contributed by atoms with E-state index in [-0.39, 0.29) is 43.0 Å². The summed E-state index contributed by atoms with van der Waals surface area (Å²) in [6.07, 6.45) is 4.04. The number of carbonyl (C=O) groups is 7. The number of amides is 6. The van der Waals surface area contributed by atoms with Crippen LogP contribution in [-0.2, 0) is 33.6 Å². The lowest BCUT2D eigenvalue weighted by molar-refractivity contribution is -0.142. The maximum Gasteiger partial charge on any atom is 0.326 e. The van der Waals surface area contributed by atoms with Crippen molar-refractivity contribution in [1.29, 1.82) is 0 Å². The highest BCUT2D eigenvalue weighted by molar-refractivity contribution is 5.90. The first kappa shape index (κ1) is 36.3. The predicted molar refractivity (Wildman–Crippen MR) is 147 cm³/mol. The van der Waals surface area contributed by atoms with Gasteiger partial charge in [0.05, 0.1) is 0 Å². The van der Waals surface area contributed by atoms with Gasteiger partial charge in [-0.15, -0.1) is 0 Å². The molecular formula is C26H46N6O8. The lowest BCUT2D eigenvalue weighted by Crippen LogP contribution is -2.51. The van der Waals surface area contributed by atoms with Gasteiger partial charge in [-0.3, -0.25) is 28.8 Å². The van der Waals surface area contributed by atoms with E-state index >= 15 is 0 Å². The average Bonchev–Trinajstić information content (AvgIpc) is 2.84. The number of hydrogen-bond donors (Lipinski definition) is 7. The Bertz CT molecular complexity index is 866. The number of nitrogens with one attached hydrogen (secondary N) is 6. The maximum absolute atomic E-state index is 12.7. The van der Waals surface area contributed by atoms with Gasteiger partial charge in [0.15, 0.2) is 0 Å². The molecule has 0 bridgehead atoms. The molecule has 0 saturated heterocycles. The van der Waals surface area contributed by atoms with Gasteiger partial charge in [0.2, 0.25) is 35.4 Å². The third-order valence-electron chi connectivity index (χ3n) is 5.81. The summed E-state index contributed by atoms with van der Waals surface area (Å²) in [6, 6.07) is -2.79. The summed E-state index contributed by atoms with van der Waals surface area (Å²) in [5, 5.41) is 25.2. The van der Waals surface area contributed by atoms with Crippen LogP contribution in [0.1, 0.15) is 85.5 Å². The molecule has 0 aliphatic carbocycles. The van der Waals surface area contributed by atoms with Crippen molar-refractivity contribution in [3.8, 4) is 0 Å². The van der Waals surface area contributed by atoms with Crippen LogP contribution in [0.2, 0.25) is 0 Å². The molecule has 0 aromatic rings. The molecule has 0 aliphatic rings. The summed E-state index contributed by atoms with van der Waals surface area (Å²) < 4.78 is 0. The SMILES string of the molecule is CC(=O)NCCCCC(NC(C)=O)C(=O)NCCCCC(NC(=O)C(CCCCNC(C)=O)NC(C)=O)C(=O)O. The van der Waals surface area contributed by atoms with E-state index in [1.54, 1.807) is 0 Å². The molecule has 228 valence electrons. The fourth-order valence-electron chi connectivity index (χ4n) is 3.84. The highest BCUT2D eigenvalue weighted by Gasteiger charge is 2.25. The van der Waals surface area contributed by atoms with Crippen molar-refractivity contribution in [3.05, 3.63) is 0 Å². The molecule has 0 aliphatic heterocycles. The zero-order valence-corrected chi connectivity index (χ0v) is 24.0. The monoisotopic (exact) mass is 570 g/mol. The molecule has 14 nitrogen and oxygen atoms in total. The Balaban J connectivity index is 4.65. The quantitative estimate of drug-likeness (QED) is 0.0889. The van der Waals surface area contributed by atoms with Crippen molar-refractivity contribution < 1.29 is 38.7 Å². The van der Waals surface area contributed by atoms with E-state index in [0.717, 1.165) is 0 Å². The fourth-order valence-corrected chi connectivity index (χ4v) is 3.84. The van der Waals surface area contributed by atoms with Crippen molar-refractivity contribution in [1.82, 2.24) is 31.9 Å². The molecule has 0 aromatic carbocycles. The van der Waals surface area contributed by atoms with Crippen LogP contribution in [0.4, 0.5) is 0 Å². The van der Waals surface area contributed by atoms with E-state index in [4.69, 9.17) is 0 Å². The van der Waals surface area contributed by atoms with Gasteiger partial charge >= 0.3 is 5.97 Å². The second-order valence-corrected chi connectivity index (χ2v) is 9.65. The zero-order chi connectivity index (χ0) is 30.5. The number of rotatable bonds is 21. The van der Waals surface area contributed by atoms with Crippen LogP contribution >= 0.6 is 0 Å². The Labute approximate surface area is 235 Å². The Morgan fingerprint density at radius 3 is 1.23 bits per heavy atom. The first-order valence-corrected chi connectivity index (χ1v) is 13.7. The Morgan fingerprint density at radius 2 is 0.850 bits per heavy atom. The molecule has 0 radical (unpaired) electrons. The number of carboxylic acid groups (broad SMARTS) is 1. The smallest absolute Gasteiger partial charge is 0.326 e. The standard InChI is InChI=1S/C26H46N6O8/c1-17(33)27-14-8-5-11-21(30-19(3)35)24(37)29-16-10-7-13-23(26(39)40)32-25(38)22(31-20(4)36)12-6-9-15-28-18(2)34/h21-23H,5-16H2,1-4H3,(H,27,33)(H,28,34)(H,29,37)(H,30,35)(H,31,36)(H,32,38)(H,39,40). The molecule has 6 amide bonds. The lowest BCUT2D eigenvalue weighted by atomic mass is 10.1. The van der Waals surface area contributed by atoms with Crippen LogP contribution in [-0.4, -0.2) is 84.3 Å². The third kappa shape index (κ3) is 19.4. The van der Waals surface area contributed by atoms with Gasteiger partial charge in [0, 0.05) is 47.3 Å². The number of carbonyl (C=O) groups excluding carboxylic acids is 6. The Kier molecular flexibility index (Phi) is 19.2. The van der Waals surface area contributed by atoms with Crippen LogP contribution in [0.25, 0.3) is 0 Å². The number of hydrogen-bond acceptors (Lipinski definition) is 7. The lowest BCUT2D eigenvalue weighted by Gasteiger charge is -2.21. The van der Waals surface area contributed by atoms with Gasteiger partial charge < -0.3 is 37.0 Å². The molecule has 3 atom stereocenters. The fraction of sp³-hybridized carbons (Fsp3) is 0.731. The van der Waals surface area contributed by atoms with Crippen LogP contribution in [0, 0.1) is 0 Å². The van der Waals surface area contributed by atoms with Crippen LogP contribution < -0.4 is 31.9 Å². The number of carboxylic acids is 1. The summed E-state index contributed by atoms with van der Waals surface area (Å²) in [5.41, 5.74) is 0. The number of unbranched alkanes of at least 4 members (excludes halogenated alkanes) is 3. The van der Waals surface area contributed by atoms with Gasteiger partial charge in [-0.05, 0) is 57.8 Å². The molecule has 0 spiro atoms. The Morgan fingerprint density at radius 1 is 0.475 bits per heavy atom. The molecule has 0 rings (SSSR count). The average molecular weight is 571 g/mol. The molecule has 14 heteroatoms. The van der Waals surface area contributed by atoms with Crippen LogP contribution in [0.3, 0.4) is 0 Å². The maximum atomic E-state index is 12.7. The van der Waals surface area contributed by atoms with Gasteiger partial charge in [-0.2, -0.15) is 0 Å². The van der Waals surface area contributed by atoms with Gasteiger partial charge in [-0.25, -0.2) is 4.79 Å². The first-order chi connectivity index (χ1) is 18.8. The van der Waals surface area contributed by atoms with Crippen LogP contribution in [0.5, 0.6) is 0 Å². The van der Waals surface area contributed by atoms with E-state index in [0.29, 0.717) is 58.0 Å². The summed E-state index contributed by atoms with van der Waals surface area (Å²) in [6.45, 7) is 6.57. The minimum atomic E-state index is -1.21. The largest absolute Gasteiger partial charge is 0.480 e. The van der Waals surface area contributed by atoms with Crippen molar-refractivity contribution in [2.45, 2.75) is 104 Å². The van der Waals surface area contributed by atoms with Crippen molar-refractivity contribution in [3.63, 3.8) is 0 Å². The van der Waals surface area contributed by atoms with E-state index < -0.39 is 35.9 Å². The topological polar surface area (TPSA) is 212 Å². The second kappa shape index (κ2) is 21.2.